The molecule has 3 aliphatic heterocycles. The summed E-state index contributed by atoms with van der Waals surface area (Å²) in [6.45, 7) is 11.3. The number of carbonyl (C=O) groups is 2. The van der Waals surface area contributed by atoms with Gasteiger partial charge in [0.05, 0.1) is 6.61 Å². The number of nitrogens with zero attached hydrogens (tertiary/aromatic N) is 5. The number of methoxy groups -OCH3 is 1. The van der Waals surface area contributed by atoms with Crippen LogP contribution in [-0.4, -0.2) is 182 Å². The van der Waals surface area contributed by atoms with Crippen molar-refractivity contribution in [2.24, 2.45) is 0 Å². The van der Waals surface area contributed by atoms with Crippen LogP contribution in [0.1, 0.15) is 59.6 Å². The molecule has 4 atom stereocenters. The lowest BCUT2D eigenvalue weighted by Crippen LogP contribution is -2.47. The molecule has 0 bridgehead atoms. The minimum absolute atomic E-state index is 0.0451. The highest BCUT2D eigenvalue weighted by molar-refractivity contribution is 6.31. The van der Waals surface area contributed by atoms with Crippen molar-refractivity contribution in [3.05, 3.63) is 129 Å². The number of aromatic amines is 2. The van der Waals surface area contributed by atoms with E-state index < -0.39 is 24.4 Å². The van der Waals surface area contributed by atoms with E-state index in [9.17, 15) is 19.8 Å². The highest BCUT2D eigenvalue weighted by Gasteiger charge is 2.37. The van der Waals surface area contributed by atoms with Gasteiger partial charge in [-0.05, 0) is 124 Å². The number of aliphatic hydroxyl groups is 2. The van der Waals surface area contributed by atoms with Gasteiger partial charge in [0.25, 0.3) is 0 Å². The van der Waals surface area contributed by atoms with Crippen molar-refractivity contribution in [2.45, 2.75) is 51.0 Å². The number of amides is 2. The van der Waals surface area contributed by atoms with Crippen LogP contribution in [0.25, 0.3) is 21.8 Å². The molecule has 0 saturated carbocycles. The lowest BCUT2D eigenvalue weighted by molar-refractivity contribution is 0.0504. The molecule has 3 aliphatic rings. The topological polar surface area (TPSA) is 169 Å². The Morgan fingerprint density at radius 1 is 0.688 bits per heavy atom. The number of rotatable bonds is 17. The van der Waals surface area contributed by atoms with Gasteiger partial charge in [-0.2, -0.15) is 0 Å². The number of halogens is 2. The molecule has 1 saturated heterocycles. The lowest BCUT2D eigenvalue weighted by atomic mass is 9.92. The first kappa shape index (κ1) is 56.8. The van der Waals surface area contributed by atoms with Gasteiger partial charge in [-0.15, -0.1) is 11.8 Å². The third kappa shape index (κ3) is 14.6. The molecule has 16 nitrogen and oxygen atoms in total. The first-order valence-corrected chi connectivity index (χ1v) is 26.8. The summed E-state index contributed by atoms with van der Waals surface area (Å²) in [5.41, 5.74) is 7.99. The number of nitrogens with one attached hydrogen (secondary N) is 2. The Balaban J connectivity index is 0.000000204. The van der Waals surface area contributed by atoms with Crippen LogP contribution in [-0.2, 0) is 27.1 Å². The average Bonchev–Trinajstić information content (AvgIpc) is 4.01. The van der Waals surface area contributed by atoms with Crippen LogP contribution in [0.5, 0.6) is 11.5 Å². The quantitative estimate of drug-likeness (QED) is 0.0648. The fourth-order valence-corrected chi connectivity index (χ4v) is 10.5. The molecular formula is C59H69Cl2N7O9. The van der Waals surface area contributed by atoms with Crippen molar-refractivity contribution >= 4 is 57.2 Å². The second-order valence-electron chi connectivity index (χ2n) is 19.5. The van der Waals surface area contributed by atoms with Gasteiger partial charge in [0.2, 0.25) is 0 Å². The molecule has 0 radical (unpaired) electrons. The minimum Gasteiger partial charge on any atom is -0.491 e. The Kier molecular flexibility index (Phi) is 20.1. The number of likely N-dealkylation sites (N-methyl/N-ethyl adjacent to an activating group) is 2. The van der Waals surface area contributed by atoms with E-state index in [1.807, 2.05) is 96.9 Å². The van der Waals surface area contributed by atoms with Crippen molar-refractivity contribution in [3.8, 4) is 35.2 Å². The Morgan fingerprint density at radius 3 is 1.61 bits per heavy atom. The number of fused-ring (bicyclic) bond motifs is 6. The molecule has 5 heterocycles. The van der Waals surface area contributed by atoms with E-state index in [0.29, 0.717) is 67.2 Å². The minimum atomic E-state index is -0.632. The number of hydrogen-bond acceptors (Lipinski definition) is 12. The molecule has 9 rings (SSSR count). The van der Waals surface area contributed by atoms with Gasteiger partial charge in [0.1, 0.15) is 49.0 Å². The number of H-pyrrole nitrogens is 2. The lowest BCUT2D eigenvalue weighted by Gasteiger charge is -2.35. The number of carbonyl (C=O) groups excluding carboxylic acids is 2. The third-order valence-corrected chi connectivity index (χ3v) is 14.5. The maximum absolute atomic E-state index is 13.1. The fourth-order valence-electron chi connectivity index (χ4n) is 10.1. The van der Waals surface area contributed by atoms with Gasteiger partial charge in [0.15, 0.2) is 13.2 Å². The number of hydrogen-bond donors (Lipinski definition) is 4. The monoisotopic (exact) mass is 1090 g/mol. The van der Waals surface area contributed by atoms with Crippen LogP contribution in [0.2, 0.25) is 10.0 Å². The molecule has 0 spiro atoms. The maximum atomic E-state index is 13.1. The first-order valence-electron chi connectivity index (χ1n) is 26.0. The predicted molar refractivity (Wildman–Crippen MR) is 300 cm³/mol. The zero-order chi connectivity index (χ0) is 54.4. The van der Waals surface area contributed by atoms with E-state index in [0.717, 1.165) is 88.2 Å². The fraction of sp³-hybridized carbons (Fsp3) is 0.424. The molecule has 6 aromatic rings. The van der Waals surface area contributed by atoms with Gasteiger partial charge in [-0.1, -0.05) is 59.3 Å². The second kappa shape index (κ2) is 27.2. The highest BCUT2D eigenvalue weighted by Crippen LogP contribution is 2.41. The van der Waals surface area contributed by atoms with Crippen LogP contribution in [0, 0.1) is 23.7 Å². The number of piperazine rings is 1. The summed E-state index contributed by atoms with van der Waals surface area (Å²) >= 11 is 12.6. The van der Waals surface area contributed by atoms with E-state index in [1.54, 1.807) is 30.8 Å². The van der Waals surface area contributed by atoms with Crippen molar-refractivity contribution in [3.63, 3.8) is 0 Å². The van der Waals surface area contributed by atoms with Crippen LogP contribution in [0.15, 0.2) is 84.9 Å². The summed E-state index contributed by atoms with van der Waals surface area (Å²) in [6, 6.07) is 26.1. The molecule has 2 amide bonds. The van der Waals surface area contributed by atoms with E-state index in [1.165, 1.54) is 0 Å². The van der Waals surface area contributed by atoms with Gasteiger partial charge in [-0.3, -0.25) is 14.7 Å². The Bertz CT molecular complexity index is 3060. The summed E-state index contributed by atoms with van der Waals surface area (Å²) in [7, 11) is 5.70. The molecule has 2 aromatic heterocycles. The number of aromatic nitrogens is 2. The number of β-amino-alcohol motifs (C(OH)–C–C–N with tert-alkyl or cyclic N) is 1. The molecule has 77 heavy (non-hydrogen) atoms. The zero-order valence-electron chi connectivity index (χ0n) is 44.5. The molecule has 4 aromatic carbocycles. The normalized spacial score (nSPS) is 17.2. The van der Waals surface area contributed by atoms with E-state index >= 15 is 0 Å². The first-order chi connectivity index (χ1) is 37.3. The Labute approximate surface area is 461 Å². The van der Waals surface area contributed by atoms with Crippen molar-refractivity contribution < 1.29 is 43.5 Å². The molecule has 18 heteroatoms. The zero-order valence-corrected chi connectivity index (χ0v) is 46.0. The molecule has 0 aliphatic carbocycles. The van der Waals surface area contributed by atoms with Crippen molar-refractivity contribution in [1.29, 1.82) is 0 Å². The highest BCUT2D eigenvalue weighted by atomic mass is 35.5. The summed E-state index contributed by atoms with van der Waals surface area (Å²) in [4.78, 5) is 43.3. The Hall–Kier alpha value is -6.44. The summed E-state index contributed by atoms with van der Waals surface area (Å²) < 4.78 is 27.7. The molecule has 408 valence electrons. The number of aliphatic hydroxyl groups excluding tert-OH is 2. The maximum Gasteiger partial charge on any atom is 0.411 e. The van der Waals surface area contributed by atoms with Gasteiger partial charge in [0, 0.05) is 109 Å². The summed E-state index contributed by atoms with van der Waals surface area (Å²) in [6.07, 6.45) is -0.652. The molecule has 4 unspecified atom stereocenters. The van der Waals surface area contributed by atoms with E-state index in [4.69, 9.17) is 46.9 Å². The summed E-state index contributed by atoms with van der Waals surface area (Å²) in [5.74, 6) is 12.4. The average molecular weight is 1090 g/mol. The number of benzene rings is 4. The largest absolute Gasteiger partial charge is 0.491 e. The Morgan fingerprint density at radius 2 is 1.16 bits per heavy atom. The van der Waals surface area contributed by atoms with Crippen LogP contribution in [0.4, 0.5) is 9.59 Å². The third-order valence-electron chi connectivity index (χ3n) is 14.1. The van der Waals surface area contributed by atoms with Crippen LogP contribution in [0.3, 0.4) is 0 Å². The van der Waals surface area contributed by atoms with Crippen molar-refractivity contribution in [1.82, 2.24) is 34.5 Å². The van der Waals surface area contributed by atoms with Gasteiger partial charge >= 0.3 is 12.2 Å². The van der Waals surface area contributed by atoms with E-state index in [2.05, 4.69) is 50.5 Å². The predicted octanol–water partition coefficient (Wildman–Crippen LogP) is 8.16. The second-order valence-corrected chi connectivity index (χ2v) is 20.4. The van der Waals surface area contributed by atoms with Crippen LogP contribution >= 0.6 is 23.2 Å². The van der Waals surface area contributed by atoms with Gasteiger partial charge in [-0.25, -0.2) is 9.59 Å². The van der Waals surface area contributed by atoms with Crippen LogP contribution < -0.4 is 9.47 Å². The summed E-state index contributed by atoms with van der Waals surface area (Å²) in [5, 5.41) is 24.3. The standard InChI is InChI=1S/C30H35ClN4O4.C29H34ClN3O5/c1-3-4-17-38-30(37)35-12-11-25-26-18-22(31)7-10-27(26)32-28(25)29(35)21-5-8-24(9-6-21)39-20-23(36)19-34-15-13-33(2)14-16-34;1-4-5-15-37-29(35)33-13-12-24-25-17-21(30)8-11-26(25)31-27(24)28(33)20-6-9-23(10-7-20)38-19-22(34)18-32(2)14-16-36-3/h5-10,18,23,29,32,36H,11-17,19-20H2,1-2H3;6-11,17,22,28,31,34H,12-16,18-19H2,1-3H3. The number of ether oxygens (including phenoxy) is 5. The van der Waals surface area contributed by atoms with Gasteiger partial charge < -0.3 is 53.7 Å². The van der Waals surface area contributed by atoms with Crippen molar-refractivity contribution in [2.75, 3.05) is 113 Å². The molecule has 4 N–H and O–H groups in total. The SMILES string of the molecule is CC#CCOC(=O)N1CCc2c([nH]c3ccc(Cl)cc23)C1c1ccc(OCC(O)CN(C)CCOC)cc1.CC#CCOC(=O)N1CCc2c([nH]c3ccc(Cl)cc23)C1c1ccc(OCC(O)CN2CCN(C)CC2)cc1. The molecular weight excluding hydrogens is 1020 g/mol. The smallest absolute Gasteiger partial charge is 0.411 e. The van der Waals surface area contributed by atoms with E-state index in [-0.39, 0.29) is 38.5 Å². The molecule has 1 fully saturated rings.